The molecule has 3 nitrogen and oxygen atoms in total. The number of likely N-dealkylation sites (tertiary alicyclic amines) is 1. The molecule has 2 saturated carbocycles. The number of hydrogen-bond acceptors (Lipinski definition) is 3. The van der Waals surface area contributed by atoms with Crippen LogP contribution >= 0.6 is 15.8 Å². The van der Waals surface area contributed by atoms with Gasteiger partial charge in [0.1, 0.15) is 5.60 Å². The van der Waals surface area contributed by atoms with E-state index in [0.717, 1.165) is 23.2 Å². The molecule has 5 heteroatoms. The third kappa shape index (κ3) is 7.72. The number of rotatable bonds is 8. The highest BCUT2D eigenvalue weighted by atomic mass is 31.1. The number of esters is 1. The van der Waals surface area contributed by atoms with Gasteiger partial charge in [0.15, 0.2) is 0 Å². The summed E-state index contributed by atoms with van der Waals surface area (Å²) in [7, 11) is -0.961. The van der Waals surface area contributed by atoms with Crippen molar-refractivity contribution < 1.29 is 9.53 Å². The molecule has 1 unspecified atom stereocenters. The second kappa shape index (κ2) is 13.6. The molecular formula is C34H49NO2P2. The van der Waals surface area contributed by atoms with Gasteiger partial charge >= 0.3 is 5.97 Å². The molecule has 1 saturated heterocycles. The van der Waals surface area contributed by atoms with Gasteiger partial charge in [-0.05, 0) is 114 Å². The van der Waals surface area contributed by atoms with Crippen molar-refractivity contribution in [2.24, 2.45) is 0 Å². The quantitative estimate of drug-likeness (QED) is 0.241. The molecule has 1 heterocycles. The van der Waals surface area contributed by atoms with E-state index in [0.29, 0.717) is 0 Å². The zero-order valence-corrected chi connectivity index (χ0v) is 26.3. The van der Waals surface area contributed by atoms with Crippen molar-refractivity contribution in [1.82, 2.24) is 4.90 Å². The van der Waals surface area contributed by atoms with Gasteiger partial charge < -0.3 is 4.74 Å². The van der Waals surface area contributed by atoms with Crippen molar-refractivity contribution >= 4 is 37.7 Å². The molecule has 39 heavy (non-hydrogen) atoms. The smallest absolute Gasteiger partial charge is 0.339 e. The molecular weight excluding hydrogens is 516 g/mol. The minimum atomic E-state index is -0.685. The van der Waals surface area contributed by atoms with Gasteiger partial charge in [-0.3, -0.25) is 4.90 Å². The molecule has 1 aliphatic heterocycles. The second-order valence-corrected chi connectivity index (χ2v) is 17.9. The van der Waals surface area contributed by atoms with Crippen molar-refractivity contribution in [3.63, 3.8) is 0 Å². The maximum atomic E-state index is 14.0. The Kier molecular flexibility index (Phi) is 10.2. The number of hydrogen-bond donors (Lipinski definition) is 0. The van der Waals surface area contributed by atoms with Crippen molar-refractivity contribution in [2.45, 2.75) is 115 Å². The lowest BCUT2D eigenvalue weighted by Gasteiger charge is -2.39. The maximum absolute atomic E-state index is 14.0. The summed E-state index contributed by atoms with van der Waals surface area (Å²) in [5.41, 5.74) is 1.96. The van der Waals surface area contributed by atoms with Crippen LogP contribution in [0, 0.1) is 0 Å². The van der Waals surface area contributed by atoms with E-state index in [9.17, 15) is 4.79 Å². The fraction of sp³-hybridized carbons (Fsp3) is 0.618. The fourth-order valence-electron chi connectivity index (χ4n) is 6.88. The van der Waals surface area contributed by atoms with Crippen molar-refractivity contribution in [1.29, 1.82) is 0 Å². The van der Waals surface area contributed by atoms with Crippen LogP contribution in [0.1, 0.15) is 108 Å². The van der Waals surface area contributed by atoms with Crippen LogP contribution in [0.15, 0.2) is 48.5 Å². The Morgan fingerprint density at radius 3 is 1.95 bits per heavy atom. The summed E-state index contributed by atoms with van der Waals surface area (Å²) in [6, 6.07) is 18.1. The maximum Gasteiger partial charge on any atom is 0.339 e. The van der Waals surface area contributed by atoms with Crippen molar-refractivity contribution in [3.8, 4) is 0 Å². The Balaban J connectivity index is 1.58. The molecule has 0 N–H and O–H groups in total. The monoisotopic (exact) mass is 565 g/mol. The third-order valence-electron chi connectivity index (χ3n) is 8.73. The van der Waals surface area contributed by atoms with Crippen LogP contribution in [-0.4, -0.2) is 47.2 Å². The van der Waals surface area contributed by atoms with E-state index in [-0.39, 0.29) is 13.9 Å². The summed E-state index contributed by atoms with van der Waals surface area (Å²) >= 11 is 0. The molecule has 3 aliphatic rings. The highest BCUT2D eigenvalue weighted by Crippen LogP contribution is 2.55. The standard InChI is InChI=1S/C34H49NO2P2/c1-34(2,3)37-33(36)31-25-30(39(28-17-9-5-10-18-28)29-19-11-6-12-20-29)21-22-32(31)38(26-35-23-13-14-24-35)27-15-7-4-8-16-27/h4,7-8,15-16,21-22,25,28-29H,5-6,9-14,17-20,23-24,26H2,1-3H3. The van der Waals surface area contributed by atoms with E-state index in [1.807, 2.05) is 20.8 Å². The van der Waals surface area contributed by atoms with Gasteiger partial charge in [0, 0.05) is 6.29 Å². The molecule has 0 bridgehead atoms. The van der Waals surface area contributed by atoms with Crippen molar-refractivity contribution in [3.05, 3.63) is 54.1 Å². The fourth-order valence-corrected chi connectivity index (χ4v) is 13.2. The molecule has 0 amide bonds. The molecule has 2 aliphatic carbocycles. The SMILES string of the molecule is CC(C)(C)OC(=O)c1cc(P(C2CCCCC2)C2CCCCC2)ccc1P(CN1CCCC1)c1ccccc1. The number of nitrogens with zero attached hydrogens (tertiary/aromatic N) is 1. The van der Waals surface area contributed by atoms with Gasteiger partial charge in [-0.15, -0.1) is 0 Å². The first-order valence-electron chi connectivity index (χ1n) is 15.6. The molecule has 2 aromatic rings. The lowest BCUT2D eigenvalue weighted by atomic mass is 9.99. The zero-order valence-electron chi connectivity index (χ0n) is 24.5. The summed E-state index contributed by atoms with van der Waals surface area (Å²) in [5.74, 6) is -0.133. The van der Waals surface area contributed by atoms with E-state index in [1.165, 1.54) is 106 Å². The van der Waals surface area contributed by atoms with E-state index in [1.54, 1.807) is 0 Å². The number of carbonyl (C=O) groups is 1. The van der Waals surface area contributed by atoms with Crippen LogP contribution in [-0.2, 0) is 4.74 Å². The highest BCUT2D eigenvalue weighted by Gasteiger charge is 2.34. The molecule has 5 rings (SSSR count). The lowest BCUT2D eigenvalue weighted by Crippen LogP contribution is -2.33. The molecule has 212 valence electrons. The van der Waals surface area contributed by atoms with Crippen LogP contribution < -0.4 is 15.9 Å². The van der Waals surface area contributed by atoms with E-state index in [2.05, 4.69) is 53.4 Å². The Labute approximate surface area is 240 Å². The topological polar surface area (TPSA) is 29.5 Å². The summed E-state index contributed by atoms with van der Waals surface area (Å²) in [6.07, 6.45) is 17.4. The molecule has 3 fully saturated rings. The van der Waals surface area contributed by atoms with Crippen LogP contribution in [0.4, 0.5) is 0 Å². The average molecular weight is 566 g/mol. The van der Waals surface area contributed by atoms with E-state index >= 15 is 0 Å². The number of carbonyl (C=O) groups excluding carboxylic acids is 1. The molecule has 1 atom stereocenters. The third-order valence-corrected chi connectivity index (χ3v) is 14.8. The first-order valence-corrected chi connectivity index (χ1v) is 18.6. The van der Waals surface area contributed by atoms with Gasteiger partial charge in [-0.1, -0.05) is 88.9 Å². The first kappa shape index (κ1) is 29.2. The number of ether oxygens (including phenoxy) is 1. The summed E-state index contributed by atoms with van der Waals surface area (Å²) in [6.45, 7) is 8.32. The van der Waals surface area contributed by atoms with Gasteiger partial charge in [0.05, 0.1) is 5.56 Å². The Morgan fingerprint density at radius 2 is 1.38 bits per heavy atom. The Hall–Kier alpha value is -1.27. The first-order chi connectivity index (χ1) is 18.9. The second-order valence-electron chi connectivity index (χ2n) is 12.9. The predicted molar refractivity (Wildman–Crippen MR) is 170 cm³/mol. The summed E-state index contributed by atoms with van der Waals surface area (Å²) < 4.78 is 6.11. The Morgan fingerprint density at radius 1 is 0.795 bits per heavy atom. The molecule has 0 aromatic heterocycles. The Bertz CT molecular complexity index is 1050. The normalized spacial score (nSPS) is 20.8. The largest absolute Gasteiger partial charge is 0.456 e. The van der Waals surface area contributed by atoms with E-state index < -0.39 is 13.5 Å². The van der Waals surface area contributed by atoms with Crippen molar-refractivity contribution in [2.75, 3.05) is 19.4 Å². The molecule has 0 spiro atoms. The zero-order chi connectivity index (χ0) is 27.2. The lowest BCUT2D eigenvalue weighted by molar-refractivity contribution is 0.00712. The average Bonchev–Trinajstić information content (AvgIpc) is 3.46. The van der Waals surface area contributed by atoms with Crippen LogP contribution in [0.25, 0.3) is 0 Å². The molecule has 0 radical (unpaired) electrons. The summed E-state index contributed by atoms with van der Waals surface area (Å²) in [4.78, 5) is 16.6. The number of benzene rings is 2. The minimum Gasteiger partial charge on any atom is -0.456 e. The highest BCUT2D eigenvalue weighted by molar-refractivity contribution is 7.73. The van der Waals surface area contributed by atoms with Gasteiger partial charge in [0.25, 0.3) is 0 Å². The van der Waals surface area contributed by atoms with Gasteiger partial charge in [0.2, 0.25) is 0 Å². The van der Waals surface area contributed by atoms with Gasteiger partial charge in [-0.25, -0.2) is 4.79 Å². The van der Waals surface area contributed by atoms with Crippen LogP contribution in [0.5, 0.6) is 0 Å². The summed E-state index contributed by atoms with van der Waals surface area (Å²) in [5, 5.41) is 4.04. The van der Waals surface area contributed by atoms with Gasteiger partial charge in [-0.2, -0.15) is 0 Å². The molecule has 2 aromatic carbocycles. The van der Waals surface area contributed by atoms with Crippen LogP contribution in [0.2, 0.25) is 0 Å². The predicted octanol–water partition coefficient (Wildman–Crippen LogP) is 7.90. The van der Waals surface area contributed by atoms with Crippen LogP contribution in [0.3, 0.4) is 0 Å². The minimum absolute atomic E-state index is 0.133. The van der Waals surface area contributed by atoms with E-state index in [4.69, 9.17) is 4.74 Å².